The Morgan fingerprint density at radius 3 is 2.41 bits per heavy atom. The number of carbonyl (C=O) groups is 2. The van der Waals surface area contributed by atoms with Gasteiger partial charge in [0, 0.05) is 19.1 Å². The van der Waals surface area contributed by atoms with Crippen LogP contribution in [0.4, 0.5) is 0 Å². The second-order valence-electron chi connectivity index (χ2n) is 5.26. The van der Waals surface area contributed by atoms with Crippen molar-refractivity contribution in [1.82, 2.24) is 10.2 Å². The first-order chi connectivity index (χ1) is 7.88. The van der Waals surface area contributed by atoms with E-state index in [4.69, 9.17) is 5.11 Å². The molecule has 0 aromatic rings. The monoisotopic (exact) mass is 242 g/mol. The molecule has 2 N–H and O–H groups in total. The smallest absolute Gasteiger partial charge is 0.303 e. The number of nitrogens with one attached hydrogen (secondary N) is 1. The predicted molar refractivity (Wildman–Crippen MR) is 64.6 cm³/mol. The van der Waals surface area contributed by atoms with Gasteiger partial charge in [-0.15, -0.1) is 0 Å². The molecular formula is C12H22N2O3. The zero-order valence-corrected chi connectivity index (χ0v) is 10.8. The van der Waals surface area contributed by atoms with Crippen molar-refractivity contribution in [1.29, 1.82) is 0 Å². The average Bonchev–Trinajstić information content (AvgIpc) is 2.13. The Bertz CT molecular complexity index is 285. The van der Waals surface area contributed by atoms with Crippen molar-refractivity contribution in [3.8, 4) is 0 Å². The van der Waals surface area contributed by atoms with Gasteiger partial charge in [-0.25, -0.2) is 0 Å². The maximum absolute atomic E-state index is 11.6. The minimum atomic E-state index is -0.757. The minimum Gasteiger partial charge on any atom is -0.481 e. The SMILES string of the molecule is CC(C)C(C)NC(=O)CN1CC(CC(=O)O)C1. The van der Waals surface area contributed by atoms with Gasteiger partial charge in [0.25, 0.3) is 0 Å². The molecule has 1 atom stereocenters. The van der Waals surface area contributed by atoms with Crippen molar-refractivity contribution < 1.29 is 14.7 Å². The normalized spacial score (nSPS) is 18.8. The lowest BCUT2D eigenvalue weighted by molar-refractivity contribution is -0.139. The maximum atomic E-state index is 11.6. The number of aliphatic carboxylic acids is 1. The zero-order chi connectivity index (χ0) is 13.0. The summed E-state index contributed by atoms with van der Waals surface area (Å²) in [6, 6.07) is 0.179. The summed E-state index contributed by atoms with van der Waals surface area (Å²) in [7, 11) is 0. The van der Waals surface area contributed by atoms with Crippen LogP contribution in [0.15, 0.2) is 0 Å². The van der Waals surface area contributed by atoms with E-state index in [1.807, 2.05) is 11.8 Å². The highest BCUT2D eigenvalue weighted by atomic mass is 16.4. The summed E-state index contributed by atoms with van der Waals surface area (Å²) >= 11 is 0. The van der Waals surface area contributed by atoms with Crippen LogP contribution in [-0.2, 0) is 9.59 Å². The summed E-state index contributed by atoms with van der Waals surface area (Å²) in [5.41, 5.74) is 0. The molecule has 0 radical (unpaired) electrons. The molecule has 1 fully saturated rings. The number of hydrogen-bond donors (Lipinski definition) is 2. The van der Waals surface area contributed by atoms with Crippen molar-refractivity contribution in [3.05, 3.63) is 0 Å². The number of likely N-dealkylation sites (tertiary alicyclic amines) is 1. The van der Waals surface area contributed by atoms with Crippen LogP contribution in [0.1, 0.15) is 27.2 Å². The van der Waals surface area contributed by atoms with Gasteiger partial charge in [-0.2, -0.15) is 0 Å². The number of rotatable bonds is 6. The maximum Gasteiger partial charge on any atom is 0.303 e. The fourth-order valence-electron chi connectivity index (χ4n) is 1.85. The molecule has 0 spiro atoms. The summed E-state index contributed by atoms with van der Waals surface area (Å²) in [6.45, 7) is 7.94. The molecule has 1 unspecified atom stereocenters. The molecule has 0 aliphatic carbocycles. The molecule has 5 nitrogen and oxygen atoms in total. The molecule has 98 valence electrons. The highest BCUT2D eigenvalue weighted by Gasteiger charge is 2.29. The first-order valence-corrected chi connectivity index (χ1v) is 6.12. The third-order valence-corrected chi connectivity index (χ3v) is 3.25. The number of carbonyl (C=O) groups excluding carboxylic acids is 1. The number of nitrogens with zero attached hydrogens (tertiary/aromatic N) is 1. The summed E-state index contributed by atoms with van der Waals surface area (Å²) in [4.78, 5) is 24.1. The Morgan fingerprint density at radius 1 is 1.35 bits per heavy atom. The average molecular weight is 242 g/mol. The largest absolute Gasteiger partial charge is 0.481 e. The van der Waals surface area contributed by atoms with E-state index in [1.165, 1.54) is 0 Å². The lowest BCUT2D eigenvalue weighted by Gasteiger charge is -2.38. The van der Waals surface area contributed by atoms with Crippen molar-refractivity contribution in [2.45, 2.75) is 33.2 Å². The standard InChI is InChI=1S/C12H22N2O3/c1-8(2)9(3)13-11(15)7-14-5-10(6-14)4-12(16)17/h8-10H,4-7H2,1-3H3,(H,13,15)(H,16,17). The summed E-state index contributed by atoms with van der Waals surface area (Å²) in [5, 5.41) is 11.5. The minimum absolute atomic E-state index is 0.0278. The van der Waals surface area contributed by atoms with Gasteiger partial charge >= 0.3 is 5.97 Å². The van der Waals surface area contributed by atoms with E-state index in [0.717, 1.165) is 13.1 Å². The van der Waals surface area contributed by atoms with Gasteiger partial charge in [-0.1, -0.05) is 13.8 Å². The van der Waals surface area contributed by atoms with Crippen LogP contribution in [-0.4, -0.2) is 47.6 Å². The number of carboxylic acids is 1. The van der Waals surface area contributed by atoms with Gasteiger partial charge in [-0.05, 0) is 18.8 Å². The third-order valence-electron chi connectivity index (χ3n) is 3.25. The molecule has 0 aromatic carbocycles. The Kier molecular flexibility index (Phi) is 4.93. The Morgan fingerprint density at radius 2 is 1.94 bits per heavy atom. The predicted octanol–water partition coefficient (Wildman–Crippen LogP) is 0.554. The molecule has 1 aliphatic heterocycles. The molecule has 0 bridgehead atoms. The molecule has 1 amide bonds. The van der Waals surface area contributed by atoms with Crippen LogP contribution in [0.2, 0.25) is 0 Å². The van der Waals surface area contributed by atoms with E-state index in [-0.39, 0.29) is 24.3 Å². The number of amides is 1. The molecule has 0 aromatic heterocycles. The molecule has 1 heterocycles. The first kappa shape index (κ1) is 14.0. The summed E-state index contributed by atoms with van der Waals surface area (Å²) in [5.74, 6) is -0.0922. The number of hydrogen-bond acceptors (Lipinski definition) is 3. The van der Waals surface area contributed by atoms with E-state index < -0.39 is 5.97 Å². The zero-order valence-electron chi connectivity index (χ0n) is 10.8. The van der Waals surface area contributed by atoms with Gasteiger partial charge in [0.2, 0.25) is 5.91 Å². The van der Waals surface area contributed by atoms with Crippen LogP contribution in [0, 0.1) is 11.8 Å². The van der Waals surface area contributed by atoms with Gasteiger partial charge in [0.05, 0.1) is 13.0 Å². The van der Waals surface area contributed by atoms with E-state index >= 15 is 0 Å². The second kappa shape index (κ2) is 6.00. The van der Waals surface area contributed by atoms with Crippen molar-refractivity contribution in [2.75, 3.05) is 19.6 Å². The third kappa shape index (κ3) is 4.73. The molecule has 0 saturated carbocycles. The first-order valence-electron chi connectivity index (χ1n) is 6.12. The Hall–Kier alpha value is -1.10. The van der Waals surface area contributed by atoms with E-state index in [2.05, 4.69) is 19.2 Å². The van der Waals surface area contributed by atoms with E-state index in [9.17, 15) is 9.59 Å². The molecular weight excluding hydrogens is 220 g/mol. The molecule has 1 saturated heterocycles. The van der Waals surface area contributed by atoms with Crippen molar-refractivity contribution in [3.63, 3.8) is 0 Å². The highest BCUT2D eigenvalue weighted by Crippen LogP contribution is 2.18. The Balaban J connectivity index is 2.16. The van der Waals surface area contributed by atoms with Crippen LogP contribution in [0.5, 0.6) is 0 Å². The summed E-state index contributed by atoms with van der Waals surface area (Å²) < 4.78 is 0. The quantitative estimate of drug-likeness (QED) is 0.714. The van der Waals surface area contributed by atoms with E-state index in [1.54, 1.807) is 0 Å². The second-order valence-corrected chi connectivity index (χ2v) is 5.26. The summed E-state index contributed by atoms with van der Waals surface area (Å²) in [6.07, 6.45) is 0.209. The van der Waals surface area contributed by atoms with Crippen molar-refractivity contribution >= 4 is 11.9 Å². The van der Waals surface area contributed by atoms with Crippen LogP contribution in [0.25, 0.3) is 0 Å². The number of carboxylic acid groups (broad SMARTS) is 1. The van der Waals surface area contributed by atoms with Crippen LogP contribution in [0.3, 0.4) is 0 Å². The fourth-order valence-corrected chi connectivity index (χ4v) is 1.85. The fraction of sp³-hybridized carbons (Fsp3) is 0.833. The molecule has 1 aliphatic rings. The topological polar surface area (TPSA) is 69.6 Å². The molecule has 1 rings (SSSR count). The van der Waals surface area contributed by atoms with Crippen LogP contribution < -0.4 is 5.32 Å². The van der Waals surface area contributed by atoms with E-state index in [0.29, 0.717) is 12.5 Å². The highest BCUT2D eigenvalue weighted by molar-refractivity contribution is 5.78. The lowest BCUT2D eigenvalue weighted by Crippen LogP contribution is -2.52. The molecule has 5 heteroatoms. The lowest BCUT2D eigenvalue weighted by atomic mass is 9.96. The Labute approximate surface area is 102 Å². The van der Waals surface area contributed by atoms with Crippen LogP contribution >= 0.6 is 0 Å². The van der Waals surface area contributed by atoms with Gasteiger partial charge in [0.15, 0.2) is 0 Å². The van der Waals surface area contributed by atoms with Crippen molar-refractivity contribution in [2.24, 2.45) is 11.8 Å². The van der Waals surface area contributed by atoms with Gasteiger partial charge in [0.1, 0.15) is 0 Å². The van der Waals surface area contributed by atoms with Gasteiger partial charge in [-0.3, -0.25) is 14.5 Å². The molecule has 17 heavy (non-hydrogen) atoms. The van der Waals surface area contributed by atoms with Gasteiger partial charge < -0.3 is 10.4 Å².